The zero-order valence-corrected chi connectivity index (χ0v) is 21.1. The van der Waals surface area contributed by atoms with Crippen molar-refractivity contribution in [2.24, 2.45) is 4.99 Å². The molecule has 0 unspecified atom stereocenters. The second-order valence-corrected chi connectivity index (χ2v) is 10.4. The number of aryl methyl sites for hydroxylation is 1. The van der Waals surface area contributed by atoms with Gasteiger partial charge in [0.1, 0.15) is 5.75 Å². The average Bonchev–Trinajstić information content (AvgIpc) is 3.15. The van der Waals surface area contributed by atoms with Gasteiger partial charge in [0.15, 0.2) is 4.80 Å². The van der Waals surface area contributed by atoms with Crippen molar-refractivity contribution in [3.8, 4) is 5.75 Å². The van der Waals surface area contributed by atoms with Gasteiger partial charge in [0.2, 0.25) is 10.0 Å². The molecule has 9 heteroatoms. The lowest BCUT2D eigenvalue weighted by Gasteiger charge is -2.19. The van der Waals surface area contributed by atoms with Crippen LogP contribution in [-0.2, 0) is 16.6 Å². The van der Waals surface area contributed by atoms with Crippen LogP contribution in [0.2, 0.25) is 0 Å². The van der Waals surface area contributed by atoms with E-state index >= 15 is 0 Å². The number of ether oxygens (including phenoxy) is 1. The molecule has 34 heavy (non-hydrogen) atoms. The first-order valence-electron chi connectivity index (χ1n) is 11.0. The van der Waals surface area contributed by atoms with E-state index in [2.05, 4.69) is 25.1 Å². The molecule has 0 N–H and O–H groups in total. The highest BCUT2D eigenvalue weighted by atomic mass is 32.2. The molecular weight excluding hydrogens is 470 g/mol. The lowest BCUT2D eigenvalue weighted by molar-refractivity contribution is 0.0997. The molecule has 0 aliphatic rings. The average molecular weight is 500 g/mol. The maximum absolute atomic E-state index is 12.9. The van der Waals surface area contributed by atoms with Crippen LogP contribution in [0.5, 0.6) is 5.75 Å². The van der Waals surface area contributed by atoms with E-state index in [1.165, 1.54) is 52.1 Å². The van der Waals surface area contributed by atoms with Gasteiger partial charge in [0, 0.05) is 25.2 Å². The molecule has 3 aromatic rings. The molecule has 0 radical (unpaired) electrons. The fraction of sp³-hybridized carbons (Fsp3) is 0.280. The van der Waals surface area contributed by atoms with E-state index in [9.17, 15) is 13.2 Å². The van der Waals surface area contributed by atoms with Gasteiger partial charge in [-0.1, -0.05) is 30.4 Å². The molecular formula is C25H29N3O4S2. The topological polar surface area (TPSA) is 81.0 Å². The number of thiazole rings is 1. The minimum absolute atomic E-state index is 0.0964. The molecule has 2 aromatic carbocycles. The van der Waals surface area contributed by atoms with Gasteiger partial charge >= 0.3 is 0 Å². The van der Waals surface area contributed by atoms with Crippen molar-refractivity contribution in [2.45, 2.75) is 31.7 Å². The molecule has 0 atom stereocenters. The SMILES string of the molecule is C=CCN(CC=C)S(=O)(=O)c1ccc(C(=O)N=c2sc3cc(OCC)ccc3n2CCC)cc1. The smallest absolute Gasteiger partial charge is 0.279 e. The predicted molar refractivity (Wildman–Crippen MR) is 137 cm³/mol. The summed E-state index contributed by atoms with van der Waals surface area (Å²) in [7, 11) is -3.73. The Balaban J connectivity index is 1.96. The third-order valence-corrected chi connectivity index (χ3v) is 7.90. The Morgan fingerprint density at radius 2 is 1.79 bits per heavy atom. The summed E-state index contributed by atoms with van der Waals surface area (Å²) in [4.78, 5) is 18.0. The molecule has 0 aliphatic carbocycles. The van der Waals surface area contributed by atoms with Gasteiger partial charge in [-0.05, 0) is 55.8 Å². The minimum Gasteiger partial charge on any atom is -0.494 e. The monoisotopic (exact) mass is 499 g/mol. The molecule has 1 heterocycles. The lowest BCUT2D eigenvalue weighted by Crippen LogP contribution is -2.31. The molecule has 3 rings (SSSR count). The molecule has 0 fully saturated rings. The summed E-state index contributed by atoms with van der Waals surface area (Å²) < 4.78 is 35.6. The lowest BCUT2D eigenvalue weighted by atomic mass is 10.2. The summed E-state index contributed by atoms with van der Waals surface area (Å²) in [5.41, 5.74) is 1.31. The third kappa shape index (κ3) is 5.55. The zero-order chi connectivity index (χ0) is 24.7. The second kappa shape index (κ2) is 11.4. The summed E-state index contributed by atoms with van der Waals surface area (Å²) in [6, 6.07) is 11.7. The number of carbonyl (C=O) groups excluding carboxylic acids is 1. The quantitative estimate of drug-likeness (QED) is 0.361. The van der Waals surface area contributed by atoms with Crippen LogP contribution in [0, 0.1) is 0 Å². The maximum atomic E-state index is 12.9. The Morgan fingerprint density at radius 3 is 2.38 bits per heavy atom. The van der Waals surface area contributed by atoms with Crippen molar-refractivity contribution in [2.75, 3.05) is 19.7 Å². The largest absolute Gasteiger partial charge is 0.494 e. The summed E-state index contributed by atoms with van der Waals surface area (Å²) in [6.07, 6.45) is 3.93. The first-order valence-corrected chi connectivity index (χ1v) is 13.3. The van der Waals surface area contributed by atoms with E-state index in [1.54, 1.807) is 0 Å². The number of aromatic nitrogens is 1. The minimum atomic E-state index is -3.73. The summed E-state index contributed by atoms with van der Waals surface area (Å²) in [6.45, 7) is 12.9. The Hall–Kier alpha value is -3.01. The van der Waals surface area contributed by atoms with Crippen LogP contribution in [0.3, 0.4) is 0 Å². The van der Waals surface area contributed by atoms with E-state index in [0.29, 0.717) is 17.0 Å². The van der Waals surface area contributed by atoms with Crippen LogP contribution in [0.25, 0.3) is 10.2 Å². The van der Waals surface area contributed by atoms with Crippen molar-refractivity contribution in [3.63, 3.8) is 0 Å². The first-order chi connectivity index (χ1) is 16.3. The number of nitrogens with zero attached hydrogens (tertiary/aromatic N) is 3. The van der Waals surface area contributed by atoms with Gasteiger partial charge in [-0.25, -0.2) is 8.42 Å². The first kappa shape index (κ1) is 25.6. The molecule has 1 amide bonds. The fourth-order valence-electron chi connectivity index (χ4n) is 3.46. The number of sulfonamides is 1. The summed E-state index contributed by atoms with van der Waals surface area (Å²) in [5, 5.41) is 0. The normalized spacial score (nSPS) is 12.3. The fourth-order valence-corrected chi connectivity index (χ4v) is 5.93. The standard InChI is InChI=1S/C25H29N3O4S2/c1-5-15-27(16-6-2)34(30,31)21-12-9-19(10-13-21)24(29)26-25-28(17-7-3)22-14-11-20(32-8-4)18-23(22)33-25/h5-6,9-14,18H,1-2,7-8,15-17H2,3-4H3. The Bertz CT molecular complexity index is 1340. The molecule has 180 valence electrons. The Morgan fingerprint density at radius 1 is 1.12 bits per heavy atom. The molecule has 0 saturated carbocycles. The number of rotatable bonds is 11. The van der Waals surface area contributed by atoms with Crippen molar-refractivity contribution < 1.29 is 17.9 Å². The molecule has 0 bridgehead atoms. The van der Waals surface area contributed by atoms with Crippen molar-refractivity contribution in [1.82, 2.24) is 8.87 Å². The van der Waals surface area contributed by atoms with Gasteiger partial charge < -0.3 is 9.30 Å². The number of amides is 1. The molecule has 0 spiro atoms. The maximum Gasteiger partial charge on any atom is 0.279 e. The highest BCUT2D eigenvalue weighted by Crippen LogP contribution is 2.24. The number of benzene rings is 2. The van der Waals surface area contributed by atoms with Crippen LogP contribution in [-0.4, -0.2) is 42.9 Å². The Kier molecular flexibility index (Phi) is 8.60. The van der Waals surface area contributed by atoms with Gasteiger partial charge in [0.05, 0.1) is 21.7 Å². The van der Waals surface area contributed by atoms with E-state index in [1.807, 2.05) is 29.7 Å². The summed E-state index contributed by atoms with van der Waals surface area (Å²) >= 11 is 1.42. The molecule has 7 nitrogen and oxygen atoms in total. The van der Waals surface area contributed by atoms with Crippen LogP contribution in [0.4, 0.5) is 0 Å². The van der Waals surface area contributed by atoms with E-state index < -0.39 is 15.9 Å². The van der Waals surface area contributed by atoms with E-state index in [4.69, 9.17) is 4.74 Å². The van der Waals surface area contributed by atoms with Crippen molar-refractivity contribution in [1.29, 1.82) is 0 Å². The highest BCUT2D eigenvalue weighted by molar-refractivity contribution is 7.89. The predicted octanol–water partition coefficient (Wildman–Crippen LogP) is 4.62. The zero-order valence-electron chi connectivity index (χ0n) is 19.4. The number of hydrogen-bond acceptors (Lipinski definition) is 5. The number of carbonyl (C=O) groups is 1. The van der Waals surface area contributed by atoms with Crippen LogP contribution >= 0.6 is 11.3 Å². The van der Waals surface area contributed by atoms with Gasteiger partial charge in [-0.2, -0.15) is 9.30 Å². The number of fused-ring (bicyclic) bond motifs is 1. The Labute approximate surface area is 204 Å². The van der Waals surface area contributed by atoms with Crippen LogP contribution < -0.4 is 9.54 Å². The van der Waals surface area contributed by atoms with Crippen LogP contribution in [0.15, 0.2) is 77.7 Å². The molecule has 0 aliphatic heterocycles. The van der Waals surface area contributed by atoms with Crippen LogP contribution in [0.1, 0.15) is 30.6 Å². The van der Waals surface area contributed by atoms with E-state index in [-0.39, 0.29) is 18.0 Å². The third-order valence-electron chi connectivity index (χ3n) is 5.01. The molecule has 1 aromatic heterocycles. The van der Waals surface area contributed by atoms with Crippen molar-refractivity contribution in [3.05, 3.63) is 78.1 Å². The van der Waals surface area contributed by atoms with E-state index in [0.717, 1.165) is 28.9 Å². The number of hydrogen-bond donors (Lipinski definition) is 0. The van der Waals surface area contributed by atoms with Gasteiger partial charge in [-0.15, -0.1) is 13.2 Å². The van der Waals surface area contributed by atoms with Gasteiger partial charge in [0.25, 0.3) is 5.91 Å². The van der Waals surface area contributed by atoms with Crippen molar-refractivity contribution >= 4 is 37.5 Å². The molecule has 0 saturated heterocycles. The second-order valence-electron chi connectivity index (χ2n) is 7.44. The summed E-state index contributed by atoms with van der Waals surface area (Å²) in [5.74, 6) is 0.343. The highest BCUT2D eigenvalue weighted by Gasteiger charge is 2.22. The van der Waals surface area contributed by atoms with Gasteiger partial charge in [-0.3, -0.25) is 4.79 Å².